The van der Waals surface area contributed by atoms with E-state index in [1.54, 1.807) is 0 Å². The molecule has 0 aliphatic carbocycles. The molecule has 0 aliphatic heterocycles. The van der Waals surface area contributed by atoms with Gasteiger partial charge in [-0.25, -0.2) is 8.75 Å². The molecule has 0 aliphatic rings. The second-order valence-electron chi connectivity index (χ2n) is 28.7. The lowest BCUT2D eigenvalue weighted by Gasteiger charge is -2.52. The standard InChI is InChI=1S/C81H166OS2/c1-6-11-16-21-26-31-36-41-46-51-56-61-66-71-76-82-81(83)84(77-72-67-62-57-52-47-42-37-32-27-22-17-12-7-2,78-73-68-63-58-53-48-43-38-33-28-23-18-13-8-3,79-74-69-64-59-54-49-44-39-34-29-24-19-14-9-4)80-75-70-65-60-55-50-45-40-35-30-25-20-15-10-5/h83H,6-80H2,1-5H3. The van der Waals surface area contributed by atoms with Crippen molar-refractivity contribution in [2.45, 2.75) is 484 Å². The van der Waals surface area contributed by atoms with Crippen LogP contribution in [-0.2, 0) is 4.74 Å². The van der Waals surface area contributed by atoms with Crippen LogP contribution in [0.25, 0.3) is 0 Å². The third-order valence-corrected chi connectivity index (χ3v) is 28.6. The van der Waals surface area contributed by atoms with Gasteiger partial charge in [-0.3, -0.25) is 0 Å². The highest BCUT2D eigenvalue weighted by atomic mass is 32.3. The molecule has 0 bridgehead atoms. The van der Waals surface area contributed by atoms with E-state index in [1.807, 2.05) is 0 Å². The fourth-order valence-corrected chi connectivity index (χ4v) is 21.7. The van der Waals surface area contributed by atoms with Crippen molar-refractivity contribution in [1.29, 1.82) is 0 Å². The quantitative estimate of drug-likeness (QED) is 0.0363. The lowest BCUT2D eigenvalue weighted by molar-refractivity contribution is 0.307. The number of hydrogen-bond acceptors (Lipinski definition) is 1. The summed E-state index contributed by atoms with van der Waals surface area (Å²) in [5, 5.41) is 0. The van der Waals surface area contributed by atoms with Gasteiger partial charge in [-0.2, -0.15) is 0 Å². The van der Waals surface area contributed by atoms with Gasteiger partial charge in [0.25, 0.3) is 0 Å². The van der Waals surface area contributed by atoms with Crippen LogP contribution in [0.1, 0.15) is 484 Å². The molecule has 1 nitrogen and oxygen atoms in total. The van der Waals surface area contributed by atoms with Gasteiger partial charge in [-0.15, -0.1) is 12.6 Å². The van der Waals surface area contributed by atoms with Gasteiger partial charge in [0.05, 0.1) is 6.61 Å². The first kappa shape index (κ1) is 84.5. The molecule has 0 radical (unpaired) electrons. The third kappa shape index (κ3) is 57.7. The molecular weight excluding hydrogens is 1050 g/mol. The van der Waals surface area contributed by atoms with Crippen molar-refractivity contribution in [2.24, 2.45) is 0 Å². The molecule has 0 unspecified atom stereocenters. The molecule has 3 heteroatoms. The Morgan fingerprint density at radius 2 is 0.298 bits per heavy atom. The molecule has 0 saturated heterocycles. The molecule has 0 spiro atoms. The Morgan fingerprint density at radius 3 is 0.440 bits per heavy atom. The lowest BCUT2D eigenvalue weighted by atomic mass is 10.0. The first-order valence-corrected chi connectivity index (χ1v) is 43.8. The van der Waals surface area contributed by atoms with E-state index in [-0.39, 0.29) is 0 Å². The average Bonchev–Trinajstić information content (AvgIpc) is 3.69. The summed E-state index contributed by atoms with van der Waals surface area (Å²) in [6.07, 6.45) is 101. The van der Waals surface area contributed by atoms with Crippen molar-refractivity contribution in [3.8, 4) is 0 Å². The molecule has 0 saturated carbocycles. The summed E-state index contributed by atoms with van der Waals surface area (Å²) in [7, 11) is -2.07. The molecular formula is C81H166OS2. The first-order chi connectivity index (χ1) is 41.5. The van der Waals surface area contributed by atoms with Crippen LogP contribution in [0, 0.1) is 0 Å². The second kappa shape index (κ2) is 71.0. The number of rotatable bonds is 75. The van der Waals surface area contributed by atoms with E-state index in [4.69, 9.17) is 17.4 Å². The third-order valence-electron chi connectivity index (χ3n) is 20.3. The fraction of sp³-hybridized carbons (Fsp3) is 0.988. The topological polar surface area (TPSA) is 9.23 Å². The van der Waals surface area contributed by atoms with Gasteiger partial charge in [-0.05, 0) is 55.1 Å². The van der Waals surface area contributed by atoms with Crippen LogP contribution >= 0.6 is 21.4 Å². The minimum absolute atomic E-state index is 0.915. The van der Waals surface area contributed by atoms with Crippen molar-refractivity contribution in [3.05, 3.63) is 0 Å². The van der Waals surface area contributed by atoms with Gasteiger partial charge >= 0.3 is 0 Å². The molecule has 508 valence electrons. The van der Waals surface area contributed by atoms with Gasteiger partial charge < -0.3 is 4.74 Å². The number of ether oxygens (including phenoxy) is 1. The van der Waals surface area contributed by atoms with Crippen LogP contribution in [0.4, 0.5) is 0 Å². The highest BCUT2D eigenvalue weighted by Crippen LogP contribution is 2.64. The molecule has 84 heavy (non-hydrogen) atoms. The zero-order chi connectivity index (χ0) is 60.8. The SMILES string of the molecule is CCCCCCCCCCCCCCCCOC(S)=S(CCCCCCCCCCCCCCCC)(CCCCCCCCCCCCCCCC)(CCCCCCCCCCCCCCCC)CCCCCCCCCCCCCCCC. The van der Waals surface area contributed by atoms with Crippen LogP contribution in [-0.4, -0.2) is 34.0 Å². The average molecular weight is 1220 g/mol. The Labute approximate surface area is 540 Å². The Kier molecular flexibility index (Phi) is 71.4. The van der Waals surface area contributed by atoms with E-state index in [2.05, 4.69) is 34.6 Å². The van der Waals surface area contributed by atoms with E-state index < -0.39 is 8.75 Å². The summed E-state index contributed by atoms with van der Waals surface area (Å²) in [4.78, 5) is 0. The smallest absolute Gasteiger partial charge is 0.116 e. The van der Waals surface area contributed by atoms with Crippen molar-refractivity contribution < 1.29 is 4.74 Å². The molecule has 0 rings (SSSR count). The maximum absolute atomic E-state index is 7.33. The van der Waals surface area contributed by atoms with Gasteiger partial charge in [0.2, 0.25) is 0 Å². The van der Waals surface area contributed by atoms with E-state index in [0.29, 0.717) is 0 Å². The molecule has 0 aromatic heterocycles. The molecule has 0 aromatic rings. The van der Waals surface area contributed by atoms with E-state index >= 15 is 0 Å². The molecule has 0 amide bonds. The summed E-state index contributed by atoms with van der Waals surface area (Å²) in [5.41, 5.74) is 0. The van der Waals surface area contributed by atoms with E-state index in [9.17, 15) is 0 Å². The Hall–Kier alpha value is 0.530. The van der Waals surface area contributed by atoms with E-state index in [1.165, 1.54) is 477 Å². The van der Waals surface area contributed by atoms with Crippen molar-refractivity contribution in [2.75, 3.05) is 29.6 Å². The Bertz CT molecular complexity index is 1120. The molecule has 0 aromatic carbocycles. The second-order valence-corrected chi connectivity index (χ2v) is 35.0. The summed E-state index contributed by atoms with van der Waals surface area (Å²) in [6.45, 7) is 12.6. The highest BCUT2D eigenvalue weighted by molar-refractivity contribution is 8.52. The maximum atomic E-state index is 7.33. The monoisotopic (exact) mass is 1220 g/mol. The normalized spacial score (nSPS) is 12.5. The molecule has 0 atom stereocenters. The van der Waals surface area contributed by atoms with Crippen LogP contribution in [0.15, 0.2) is 0 Å². The first-order valence-electron chi connectivity index (χ1n) is 40.6. The van der Waals surface area contributed by atoms with Gasteiger partial charge in [0.1, 0.15) is 4.38 Å². The lowest BCUT2D eigenvalue weighted by Crippen LogP contribution is -2.31. The van der Waals surface area contributed by atoms with Gasteiger partial charge in [-0.1, -0.05) is 452 Å². The zero-order valence-electron chi connectivity index (χ0n) is 59.8. The Morgan fingerprint density at radius 1 is 0.179 bits per heavy atom. The number of thiol groups is 1. The largest absolute Gasteiger partial charge is 0.336 e. The summed E-state index contributed by atoms with van der Waals surface area (Å²) in [5.74, 6) is 5.73. The van der Waals surface area contributed by atoms with Crippen molar-refractivity contribution in [1.82, 2.24) is 0 Å². The highest BCUT2D eigenvalue weighted by Gasteiger charge is 2.36. The predicted octanol–water partition coefficient (Wildman–Crippen LogP) is 30.8. The van der Waals surface area contributed by atoms with Gasteiger partial charge in [0.15, 0.2) is 0 Å². The summed E-state index contributed by atoms with van der Waals surface area (Å²) >= 11 is 5.85. The van der Waals surface area contributed by atoms with Gasteiger partial charge in [0, 0.05) is 0 Å². The molecule has 0 heterocycles. The number of hydrogen-bond donors (Lipinski definition) is 1. The molecule has 0 N–H and O–H groups in total. The molecule has 0 fully saturated rings. The minimum atomic E-state index is -2.07. The van der Waals surface area contributed by atoms with Crippen LogP contribution in [0.3, 0.4) is 0 Å². The Balaban J connectivity index is 6.19. The zero-order valence-corrected chi connectivity index (χ0v) is 61.5. The summed E-state index contributed by atoms with van der Waals surface area (Å²) in [6, 6.07) is 0. The van der Waals surface area contributed by atoms with Crippen molar-refractivity contribution in [3.63, 3.8) is 0 Å². The fourth-order valence-electron chi connectivity index (χ4n) is 14.3. The van der Waals surface area contributed by atoms with E-state index in [0.717, 1.165) is 6.61 Å². The maximum Gasteiger partial charge on any atom is 0.116 e. The van der Waals surface area contributed by atoms with Crippen LogP contribution in [0.2, 0.25) is 0 Å². The van der Waals surface area contributed by atoms with Crippen LogP contribution in [0.5, 0.6) is 0 Å². The summed E-state index contributed by atoms with van der Waals surface area (Å²) < 4.78 is 8.65. The minimum Gasteiger partial charge on any atom is -0.336 e. The number of unbranched alkanes of at least 4 members (excludes halogenated alkanes) is 65. The predicted molar refractivity (Wildman–Crippen MR) is 399 cm³/mol. The van der Waals surface area contributed by atoms with Crippen molar-refractivity contribution >= 4 is 25.8 Å². The van der Waals surface area contributed by atoms with Crippen LogP contribution < -0.4 is 0 Å².